The molecule has 5 rings (SSSR count). The smallest absolute Gasteiger partial charge is 0.295 e. The van der Waals surface area contributed by atoms with Gasteiger partial charge in [-0.05, 0) is 35.2 Å². The zero-order chi connectivity index (χ0) is 21.4. The van der Waals surface area contributed by atoms with Crippen LogP contribution in [0.15, 0.2) is 71.6 Å². The summed E-state index contributed by atoms with van der Waals surface area (Å²) in [4.78, 5) is 28.4. The molecule has 3 aromatic rings. The molecule has 0 unspecified atom stereocenters. The molecule has 2 aliphatic rings. The van der Waals surface area contributed by atoms with Gasteiger partial charge in [-0.3, -0.25) is 9.59 Å². The Labute approximate surface area is 183 Å². The van der Waals surface area contributed by atoms with Gasteiger partial charge in [-0.15, -0.1) is 11.3 Å². The molecule has 2 aliphatic heterocycles. The maximum atomic E-state index is 13.1. The second-order valence-corrected chi connectivity index (χ2v) is 8.27. The minimum atomic E-state index is -0.693. The molecule has 0 bridgehead atoms. The van der Waals surface area contributed by atoms with E-state index in [1.165, 1.54) is 16.2 Å². The highest BCUT2D eigenvalue weighted by atomic mass is 32.1. The first-order valence-electron chi connectivity index (χ1n) is 9.89. The number of ketones is 1. The normalized spacial score (nSPS) is 19.6. The number of Topliss-reactive ketones (excluding diaryl/α,β-unsaturated/α-hetero) is 1. The van der Waals surface area contributed by atoms with E-state index in [-0.39, 0.29) is 17.9 Å². The van der Waals surface area contributed by atoms with Crippen molar-refractivity contribution in [1.29, 1.82) is 0 Å². The van der Waals surface area contributed by atoms with Crippen molar-refractivity contribution in [3.8, 4) is 11.5 Å². The molecule has 0 spiro atoms. The van der Waals surface area contributed by atoms with Crippen LogP contribution in [0.4, 0.5) is 0 Å². The van der Waals surface area contributed by atoms with Gasteiger partial charge in [-0.1, -0.05) is 36.4 Å². The first-order valence-corrected chi connectivity index (χ1v) is 10.8. The van der Waals surface area contributed by atoms with Gasteiger partial charge in [0.2, 0.25) is 0 Å². The molecule has 0 radical (unpaired) electrons. The number of likely N-dealkylation sites (tertiary alicyclic amines) is 1. The lowest BCUT2D eigenvalue weighted by Gasteiger charge is -2.24. The van der Waals surface area contributed by atoms with Crippen LogP contribution >= 0.6 is 11.3 Å². The van der Waals surface area contributed by atoms with Gasteiger partial charge in [-0.2, -0.15) is 0 Å². The number of fused-ring (bicyclic) bond motifs is 1. The van der Waals surface area contributed by atoms with E-state index >= 15 is 0 Å². The van der Waals surface area contributed by atoms with E-state index in [9.17, 15) is 14.7 Å². The predicted octanol–water partition coefficient (Wildman–Crippen LogP) is 4.14. The monoisotopic (exact) mass is 433 g/mol. The summed E-state index contributed by atoms with van der Waals surface area (Å²) in [6.07, 6.45) is 0. The van der Waals surface area contributed by atoms with Crippen LogP contribution in [-0.4, -0.2) is 34.9 Å². The van der Waals surface area contributed by atoms with Crippen molar-refractivity contribution in [3.63, 3.8) is 0 Å². The van der Waals surface area contributed by atoms with Crippen molar-refractivity contribution in [1.82, 2.24) is 4.90 Å². The summed E-state index contributed by atoms with van der Waals surface area (Å²) in [5, 5.41) is 13.0. The standard InChI is InChI=1S/C24H19NO5S/c26-22(16-8-9-17-18(13-16)30-11-10-29-17)20-21(19-7-4-12-31-19)25(24(28)23(20)27)14-15-5-2-1-3-6-15/h1-9,12-13,21,26H,10-11,14H2/b22-20+/t21-/m1/s1. The number of aliphatic hydroxyl groups excluding tert-OH is 1. The number of hydrogen-bond acceptors (Lipinski definition) is 6. The molecule has 2 aromatic carbocycles. The molecule has 1 aromatic heterocycles. The molecule has 31 heavy (non-hydrogen) atoms. The van der Waals surface area contributed by atoms with Crippen LogP contribution in [0.1, 0.15) is 22.0 Å². The highest BCUT2D eigenvalue weighted by molar-refractivity contribution is 7.10. The van der Waals surface area contributed by atoms with Crippen molar-refractivity contribution < 1.29 is 24.2 Å². The summed E-state index contributed by atoms with van der Waals surface area (Å²) in [7, 11) is 0. The van der Waals surface area contributed by atoms with Crippen molar-refractivity contribution >= 4 is 28.8 Å². The molecular formula is C24H19NO5S. The third kappa shape index (κ3) is 3.47. The van der Waals surface area contributed by atoms with Crippen LogP contribution in [0.2, 0.25) is 0 Å². The second-order valence-electron chi connectivity index (χ2n) is 7.29. The second kappa shape index (κ2) is 7.92. The Morgan fingerprint density at radius 3 is 2.52 bits per heavy atom. The molecule has 3 heterocycles. The molecule has 1 N–H and O–H groups in total. The van der Waals surface area contributed by atoms with Crippen LogP contribution in [0, 0.1) is 0 Å². The summed E-state index contributed by atoms with van der Waals surface area (Å²) in [6.45, 7) is 1.14. The fourth-order valence-electron chi connectivity index (χ4n) is 3.91. The number of benzene rings is 2. The Morgan fingerprint density at radius 2 is 1.77 bits per heavy atom. The zero-order valence-electron chi connectivity index (χ0n) is 16.5. The fraction of sp³-hybridized carbons (Fsp3) is 0.167. The number of hydrogen-bond donors (Lipinski definition) is 1. The van der Waals surface area contributed by atoms with Gasteiger partial charge in [0.05, 0.1) is 11.6 Å². The van der Waals surface area contributed by atoms with Crippen LogP contribution in [0.3, 0.4) is 0 Å². The Bertz CT molecular complexity index is 1170. The Hall–Kier alpha value is -3.58. The number of rotatable bonds is 4. The van der Waals surface area contributed by atoms with Gasteiger partial charge in [-0.25, -0.2) is 0 Å². The average molecular weight is 433 g/mol. The SMILES string of the molecule is O=C1C(=O)N(Cc2ccccc2)[C@H](c2cccs2)/C1=C(\O)c1ccc2c(c1)OCCO2. The minimum Gasteiger partial charge on any atom is -0.507 e. The predicted molar refractivity (Wildman–Crippen MR) is 116 cm³/mol. The molecule has 0 aliphatic carbocycles. The van der Waals surface area contributed by atoms with Gasteiger partial charge < -0.3 is 19.5 Å². The lowest BCUT2D eigenvalue weighted by Crippen LogP contribution is -2.28. The minimum absolute atomic E-state index is 0.0834. The molecule has 1 fully saturated rings. The number of aliphatic hydroxyl groups is 1. The van der Waals surface area contributed by atoms with Crippen molar-refractivity contribution in [3.05, 3.63) is 87.6 Å². The Kier molecular flexibility index (Phi) is 4.95. The summed E-state index contributed by atoms with van der Waals surface area (Å²) in [5.41, 5.74) is 1.40. The Balaban J connectivity index is 1.60. The van der Waals surface area contributed by atoms with E-state index in [2.05, 4.69) is 0 Å². The third-order valence-electron chi connectivity index (χ3n) is 5.36. The number of amides is 1. The average Bonchev–Trinajstić information content (AvgIpc) is 3.42. The zero-order valence-corrected chi connectivity index (χ0v) is 17.3. The number of ether oxygens (including phenoxy) is 2. The van der Waals surface area contributed by atoms with E-state index in [0.29, 0.717) is 30.3 Å². The topological polar surface area (TPSA) is 76.1 Å². The lowest BCUT2D eigenvalue weighted by atomic mass is 9.99. The van der Waals surface area contributed by atoms with E-state index in [4.69, 9.17) is 9.47 Å². The molecule has 6 nitrogen and oxygen atoms in total. The summed E-state index contributed by atoms with van der Waals surface area (Å²) < 4.78 is 11.1. The molecular weight excluding hydrogens is 414 g/mol. The Morgan fingerprint density at radius 1 is 1.00 bits per heavy atom. The molecule has 0 saturated carbocycles. The maximum absolute atomic E-state index is 13.1. The molecule has 7 heteroatoms. The van der Waals surface area contributed by atoms with Gasteiger partial charge in [0, 0.05) is 17.0 Å². The fourth-order valence-corrected chi connectivity index (χ4v) is 4.76. The number of carbonyl (C=O) groups is 2. The van der Waals surface area contributed by atoms with E-state index in [1.807, 2.05) is 47.8 Å². The van der Waals surface area contributed by atoms with Crippen molar-refractivity contribution in [2.45, 2.75) is 12.6 Å². The summed E-state index contributed by atoms with van der Waals surface area (Å²) in [6, 6.07) is 17.6. The summed E-state index contributed by atoms with van der Waals surface area (Å²) >= 11 is 1.44. The molecule has 156 valence electrons. The van der Waals surface area contributed by atoms with Crippen molar-refractivity contribution in [2.24, 2.45) is 0 Å². The molecule has 1 atom stereocenters. The number of thiophene rings is 1. The first-order chi connectivity index (χ1) is 15.1. The maximum Gasteiger partial charge on any atom is 0.295 e. The number of carbonyl (C=O) groups excluding carboxylic acids is 2. The van der Waals surface area contributed by atoms with E-state index < -0.39 is 17.7 Å². The quantitative estimate of drug-likeness (QED) is 0.380. The summed E-state index contributed by atoms with van der Waals surface area (Å²) in [5.74, 6) is -0.448. The largest absolute Gasteiger partial charge is 0.507 e. The van der Waals surface area contributed by atoms with E-state index in [0.717, 1.165) is 10.4 Å². The lowest BCUT2D eigenvalue weighted by molar-refractivity contribution is -0.140. The van der Waals surface area contributed by atoms with Gasteiger partial charge in [0.15, 0.2) is 11.5 Å². The molecule has 1 saturated heterocycles. The number of nitrogens with zero attached hydrogens (tertiary/aromatic N) is 1. The highest BCUT2D eigenvalue weighted by Crippen LogP contribution is 2.43. The molecule has 1 amide bonds. The van der Waals surface area contributed by atoms with Crippen LogP contribution < -0.4 is 9.47 Å². The van der Waals surface area contributed by atoms with E-state index in [1.54, 1.807) is 18.2 Å². The first kappa shape index (κ1) is 19.4. The highest BCUT2D eigenvalue weighted by Gasteiger charge is 2.46. The van der Waals surface area contributed by atoms with Gasteiger partial charge in [0.25, 0.3) is 11.7 Å². The van der Waals surface area contributed by atoms with Crippen LogP contribution in [-0.2, 0) is 16.1 Å². The van der Waals surface area contributed by atoms with Gasteiger partial charge >= 0.3 is 0 Å². The van der Waals surface area contributed by atoms with Gasteiger partial charge in [0.1, 0.15) is 19.0 Å². The van der Waals surface area contributed by atoms with Crippen LogP contribution in [0.25, 0.3) is 5.76 Å². The van der Waals surface area contributed by atoms with Crippen molar-refractivity contribution in [2.75, 3.05) is 13.2 Å². The third-order valence-corrected chi connectivity index (χ3v) is 6.29. The van der Waals surface area contributed by atoms with Crippen LogP contribution in [0.5, 0.6) is 11.5 Å².